The van der Waals surface area contributed by atoms with Crippen LogP contribution in [0.1, 0.15) is 92.4 Å². The predicted molar refractivity (Wildman–Crippen MR) is 127 cm³/mol. The van der Waals surface area contributed by atoms with E-state index in [0.29, 0.717) is 29.7 Å². The molecule has 0 aliphatic heterocycles. The summed E-state index contributed by atoms with van der Waals surface area (Å²) in [5.41, 5.74) is 3.80. The van der Waals surface area contributed by atoms with Crippen molar-refractivity contribution in [3.8, 4) is 0 Å². The van der Waals surface area contributed by atoms with Gasteiger partial charge >= 0.3 is 0 Å². The highest BCUT2D eigenvalue weighted by Crippen LogP contribution is 2.60. The minimum absolute atomic E-state index is 0.447. The fourth-order valence-electron chi connectivity index (χ4n) is 6.70. The van der Waals surface area contributed by atoms with Crippen molar-refractivity contribution in [1.29, 1.82) is 0 Å². The van der Waals surface area contributed by atoms with E-state index in [1.54, 1.807) is 5.57 Å². The summed E-state index contributed by atoms with van der Waals surface area (Å²) in [5.74, 6) is 3.98. The van der Waals surface area contributed by atoms with Gasteiger partial charge in [0, 0.05) is 0 Å². The lowest BCUT2D eigenvalue weighted by molar-refractivity contribution is 0.0907. The molecule has 0 aromatic heterocycles. The summed E-state index contributed by atoms with van der Waals surface area (Å²) in [5, 5.41) is 20.3. The third-order valence-corrected chi connectivity index (χ3v) is 9.24. The molecular formula is C28H46O2. The van der Waals surface area contributed by atoms with Gasteiger partial charge < -0.3 is 10.2 Å². The van der Waals surface area contributed by atoms with E-state index in [-0.39, 0.29) is 0 Å². The van der Waals surface area contributed by atoms with Crippen molar-refractivity contribution in [2.75, 3.05) is 0 Å². The van der Waals surface area contributed by atoms with Crippen LogP contribution in [0.25, 0.3) is 0 Å². The van der Waals surface area contributed by atoms with Crippen molar-refractivity contribution >= 4 is 0 Å². The van der Waals surface area contributed by atoms with Gasteiger partial charge in [0.2, 0.25) is 0 Å². The van der Waals surface area contributed by atoms with Crippen LogP contribution in [0.3, 0.4) is 0 Å². The van der Waals surface area contributed by atoms with E-state index < -0.39 is 12.2 Å². The number of aliphatic hydroxyl groups excluding tert-OH is 2. The summed E-state index contributed by atoms with van der Waals surface area (Å²) < 4.78 is 0. The average molecular weight is 415 g/mol. The van der Waals surface area contributed by atoms with Gasteiger partial charge in [0.05, 0.1) is 12.2 Å². The maximum atomic E-state index is 10.1. The first kappa shape index (κ1) is 23.8. The van der Waals surface area contributed by atoms with E-state index in [9.17, 15) is 10.2 Å². The summed E-state index contributed by atoms with van der Waals surface area (Å²) in [4.78, 5) is 0. The lowest BCUT2D eigenvalue weighted by Crippen LogP contribution is -2.36. The van der Waals surface area contributed by atoms with Crippen LogP contribution in [0, 0.1) is 35.0 Å². The van der Waals surface area contributed by atoms with Crippen molar-refractivity contribution in [2.24, 2.45) is 35.0 Å². The summed E-state index contributed by atoms with van der Waals surface area (Å²) in [6.07, 6.45) is 14.0. The highest BCUT2D eigenvalue weighted by molar-refractivity contribution is 5.29. The molecule has 2 heteroatoms. The van der Waals surface area contributed by atoms with E-state index in [4.69, 9.17) is 0 Å². The molecule has 0 amide bonds. The zero-order valence-electron chi connectivity index (χ0n) is 20.2. The molecule has 3 aliphatic rings. The quantitative estimate of drug-likeness (QED) is 0.467. The first-order chi connectivity index (χ1) is 14.1. The summed E-state index contributed by atoms with van der Waals surface area (Å²) in [6.45, 7) is 16.1. The molecule has 3 fully saturated rings. The Hall–Kier alpha value is -0.860. The SMILES string of the molecule is C=C1[C@H](O)CC(=C/C=C2\CCC[C@]3(C)[C@@H]([C@H](C)CC[C@H](C)C(C)C)CC[C@@H]23)C[C@H]1O. The largest absolute Gasteiger partial charge is 0.388 e. The first-order valence-corrected chi connectivity index (χ1v) is 12.6. The molecule has 0 spiro atoms. The molecule has 0 bridgehead atoms. The molecule has 170 valence electrons. The van der Waals surface area contributed by atoms with Crippen LogP contribution in [0.15, 0.2) is 35.5 Å². The van der Waals surface area contributed by atoms with E-state index in [1.165, 1.54) is 44.9 Å². The Morgan fingerprint density at radius 2 is 1.70 bits per heavy atom. The van der Waals surface area contributed by atoms with Gasteiger partial charge in [-0.1, -0.05) is 77.3 Å². The van der Waals surface area contributed by atoms with Gasteiger partial charge in [-0.25, -0.2) is 0 Å². The third-order valence-electron chi connectivity index (χ3n) is 9.24. The number of hydrogen-bond acceptors (Lipinski definition) is 2. The maximum Gasteiger partial charge on any atom is 0.0809 e. The molecule has 0 aromatic rings. The molecule has 0 saturated heterocycles. The highest BCUT2D eigenvalue weighted by Gasteiger charge is 2.50. The van der Waals surface area contributed by atoms with Crippen LogP contribution >= 0.6 is 0 Å². The third kappa shape index (κ3) is 4.96. The van der Waals surface area contributed by atoms with E-state index in [1.807, 2.05) is 0 Å². The average Bonchev–Trinajstić information content (AvgIpc) is 3.05. The van der Waals surface area contributed by atoms with Gasteiger partial charge in [-0.15, -0.1) is 0 Å². The fraction of sp³-hybridized carbons (Fsp3) is 0.786. The van der Waals surface area contributed by atoms with Crippen LogP contribution in [0.4, 0.5) is 0 Å². The molecule has 0 aromatic carbocycles. The molecular weight excluding hydrogens is 368 g/mol. The second-order valence-corrected chi connectivity index (χ2v) is 11.5. The van der Waals surface area contributed by atoms with Crippen LogP contribution in [0.5, 0.6) is 0 Å². The minimum atomic E-state index is -0.597. The normalized spacial score (nSPS) is 38.1. The topological polar surface area (TPSA) is 40.5 Å². The number of fused-ring (bicyclic) bond motifs is 1. The Balaban J connectivity index is 1.69. The molecule has 3 saturated carbocycles. The first-order valence-electron chi connectivity index (χ1n) is 12.6. The van der Waals surface area contributed by atoms with E-state index >= 15 is 0 Å². The monoisotopic (exact) mass is 414 g/mol. The number of allylic oxidation sites excluding steroid dienone is 3. The summed E-state index contributed by atoms with van der Waals surface area (Å²) >= 11 is 0. The molecule has 0 heterocycles. The molecule has 2 nitrogen and oxygen atoms in total. The maximum absolute atomic E-state index is 10.1. The Kier molecular flexibility index (Phi) is 7.72. The van der Waals surface area contributed by atoms with Gasteiger partial charge in [-0.05, 0) is 85.5 Å². The molecule has 2 N–H and O–H groups in total. The fourth-order valence-corrected chi connectivity index (χ4v) is 6.70. The molecule has 0 radical (unpaired) electrons. The minimum Gasteiger partial charge on any atom is -0.388 e. The van der Waals surface area contributed by atoms with E-state index in [2.05, 4.69) is 53.3 Å². The van der Waals surface area contributed by atoms with Crippen molar-refractivity contribution in [3.63, 3.8) is 0 Å². The van der Waals surface area contributed by atoms with Gasteiger partial charge in [0.15, 0.2) is 0 Å². The standard InChI is InChI=1S/C28H46O2/c1-18(2)19(3)9-10-20(4)24-13-14-25-23(8-7-15-28(24,25)6)12-11-22-16-26(29)21(5)27(30)17-22/h11-12,18-20,24-27,29-30H,5,7-10,13-17H2,1-4,6H3/b23-12+/t19-,20+,24+,25-,26+,27+,28+/m0/s1. The Labute approximate surface area is 185 Å². The smallest absolute Gasteiger partial charge is 0.0809 e. The van der Waals surface area contributed by atoms with Crippen LogP contribution < -0.4 is 0 Å². The number of rotatable bonds is 6. The summed E-state index contributed by atoms with van der Waals surface area (Å²) in [7, 11) is 0. The lowest BCUT2D eigenvalue weighted by Gasteiger charge is -2.44. The zero-order valence-corrected chi connectivity index (χ0v) is 20.2. The second-order valence-electron chi connectivity index (χ2n) is 11.5. The molecule has 0 unspecified atom stereocenters. The van der Waals surface area contributed by atoms with E-state index in [0.717, 1.165) is 29.2 Å². The van der Waals surface area contributed by atoms with Crippen molar-refractivity contribution < 1.29 is 10.2 Å². The van der Waals surface area contributed by atoms with Crippen molar-refractivity contribution in [3.05, 3.63) is 35.5 Å². The van der Waals surface area contributed by atoms with Gasteiger partial charge in [-0.3, -0.25) is 0 Å². The molecule has 3 aliphatic carbocycles. The van der Waals surface area contributed by atoms with Gasteiger partial charge in [0.1, 0.15) is 0 Å². The Morgan fingerprint density at radius 1 is 1.03 bits per heavy atom. The summed E-state index contributed by atoms with van der Waals surface area (Å²) in [6, 6.07) is 0. The van der Waals surface area contributed by atoms with Crippen molar-refractivity contribution in [1.82, 2.24) is 0 Å². The number of hydrogen-bond donors (Lipinski definition) is 2. The van der Waals surface area contributed by atoms with Crippen LogP contribution in [-0.2, 0) is 0 Å². The van der Waals surface area contributed by atoms with Crippen LogP contribution in [-0.4, -0.2) is 22.4 Å². The molecule has 3 rings (SSSR count). The Morgan fingerprint density at radius 3 is 2.33 bits per heavy atom. The highest BCUT2D eigenvalue weighted by atomic mass is 16.3. The van der Waals surface area contributed by atoms with Crippen LogP contribution in [0.2, 0.25) is 0 Å². The van der Waals surface area contributed by atoms with Gasteiger partial charge in [-0.2, -0.15) is 0 Å². The van der Waals surface area contributed by atoms with Gasteiger partial charge in [0.25, 0.3) is 0 Å². The second kappa shape index (κ2) is 9.74. The Bertz CT molecular complexity index is 656. The number of aliphatic hydroxyl groups is 2. The zero-order chi connectivity index (χ0) is 22.1. The molecule has 7 atom stereocenters. The predicted octanol–water partition coefficient (Wildman–Crippen LogP) is 6.84. The van der Waals surface area contributed by atoms with Crippen molar-refractivity contribution in [2.45, 2.75) is 105 Å². The molecule has 30 heavy (non-hydrogen) atoms. The lowest BCUT2D eigenvalue weighted by atomic mass is 9.60.